The van der Waals surface area contributed by atoms with Crippen molar-refractivity contribution in [1.82, 2.24) is 10.3 Å². The summed E-state index contributed by atoms with van der Waals surface area (Å²) in [6.07, 6.45) is 3.81. The first kappa shape index (κ1) is 13.3. The minimum Gasteiger partial charge on any atom is -0.383 e. The Morgan fingerprint density at radius 2 is 2.38 bits per heavy atom. The number of methoxy groups -OCH3 is 1. The summed E-state index contributed by atoms with van der Waals surface area (Å²) in [6, 6.07) is 1.90. The third kappa shape index (κ3) is 5.34. The molecule has 0 atom stereocenters. The van der Waals surface area contributed by atoms with Gasteiger partial charge >= 0.3 is 0 Å². The molecule has 0 saturated carbocycles. The van der Waals surface area contributed by atoms with E-state index in [-0.39, 0.29) is 5.78 Å². The van der Waals surface area contributed by atoms with Crippen molar-refractivity contribution in [3.05, 3.63) is 28.5 Å². The summed E-state index contributed by atoms with van der Waals surface area (Å²) in [5.74, 6) is 0.149. The first-order valence-corrected chi connectivity index (χ1v) is 5.82. The summed E-state index contributed by atoms with van der Waals surface area (Å²) < 4.78 is 5.76. The van der Waals surface area contributed by atoms with E-state index >= 15 is 0 Å². The zero-order chi connectivity index (χ0) is 11.8. The Bertz CT molecular complexity index is 345. The first-order chi connectivity index (χ1) is 7.72. The predicted octanol–water partition coefficient (Wildman–Crippen LogP) is 1.19. The van der Waals surface area contributed by atoms with Gasteiger partial charge in [-0.1, -0.05) is 0 Å². The van der Waals surface area contributed by atoms with Gasteiger partial charge in [-0.3, -0.25) is 9.78 Å². The molecule has 0 spiro atoms. The molecule has 0 saturated heterocycles. The van der Waals surface area contributed by atoms with Gasteiger partial charge in [0, 0.05) is 36.9 Å². The van der Waals surface area contributed by atoms with Crippen LogP contribution in [0, 0.1) is 0 Å². The summed E-state index contributed by atoms with van der Waals surface area (Å²) in [4.78, 5) is 15.5. The van der Waals surface area contributed by atoms with Gasteiger partial charge in [0.05, 0.1) is 13.2 Å². The van der Waals surface area contributed by atoms with E-state index < -0.39 is 0 Å². The Hall–Kier alpha value is -0.780. The predicted molar refractivity (Wildman–Crippen MR) is 65.4 cm³/mol. The van der Waals surface area contributed by atoms with Crippen LogP contribution >= 0.6 is 15.9 Å². The van der Waals surface area contributed by atoms with Gasteiger partial charge in [0.25, 0.3) is 0 Å². The number of aromatic nitrogens is 1. The number of ketones is 1. The summed E-state index contributed by atoms with van der Waals surface area (Å²) >= 11 is 3.32. The molecule has 4 nitrogen and oxygen atoms in total. The topological polar surface area (TPSA) is 51.2 Å². The molecule has 1 aromatic heterocycles. The van der Waals surface area contributed by atoms with E-state index in [9.17, 15) is 4.79 Å². The van der Waals surface area contributed by atoms with Gasteiger partial charge in [-0.05, 0) is 27.6 Å². The molecule has 0 aromatic carbocycles. The van der Waals surface area contributed by atoms with Crippen LogP contribution in [0.25, 0.3) is 0 Å². The smallest absolute Gasteiger partial charge is 0.151 e. The van der Waals surface area contributed by atoms with Crippen molar-refractivity contribution >= 4 is 21.7 Å². The summed E-state index contributed by atoms with van der Waals surface area (Å²) in [6.45, 7) is 1.68. The highest BCUT2D eigenvalue weighted by atomic mass is 79.9. The molecule has 0 aliphatic heterocycles. The van der Waals surface area contributed by atoms with Crippen LogP contribution < -0.4 is 5.32 Å². The fourth-order valence-corrected chi connectivity index (χ4v) is 1.66. The van der Waals surface area contributed by atoms with Gasteiger partial charge in [0.15, 0.2) is 5.78 Å². The molecule has 5 heteroatoms. The maximum atomic E-state index is 11.5. The second-order valence-electron chi connectivity index (χ2n) is 3.40. The van der Waals surface area contributed by atoms with Crippen molar-refractivity contribution in [2.45, 2.75) is 6.42 Å². The van der Waals surface area contributed by atoms with Gasteiger partial charge in [-0.25, -0.2) is 0 Å². The van der Waals surface area contributed by atoms with Crippen molar-refractivity contribution in [2.24, 2.45) is 0 Å². The monoisotopic (exact) mass is 286 g/mol. The quantitative estimate of drug-likeness (QED) is 0.765. The summed E-state index contributed by atoms with van der Waals surface area (Å²) in [5, 5.41) is 3.01. The standard InChI is InChI=1S/C11H15BrN2O2/c1-16-3-2-13-8-11(15)5-9-4-10(12)7-14-6-9/h4,6-7,13H,2-3,5,8H2,1H3. The largest absolute Gasteiger partial charge is 0.383 e. The molecule has 1 N–H and O–H groups in total. The summed E-state index contributed by atoms with van der Waals surface area (Å²) in [5.41, 5.74) is 0.924. The van der Waals surface area contributed by atoms with E-state index in [0.717, 1.165) is 10.0 Å². The molecule has 1 heterocycles. The maximum absolute atomic E-state index is 11.5. The highest BCUT2D eigenvalue weighted by Gasteiger charge is 2.03. The van der Waals surface area contributed by atoms with Gasteiger partial charge < -0.3 is 10.1 Å². The molecular formula is C11H15BrN2O2. The third-order valence-corrected chi connectivity index (χ3v) is 2.40. The zero-order valence-corrected chi connectivity index (χ0v) is 10.8. The van der Waals surface area contributed by atoms with Gasteiger partial charge in [0.2, 0.25) is 0 Å². The number of nitrogens with zero attached hydrogens (tertiary/aromatic N) is 1. The molecule has 0 unspecified atom stereocenters. The Balaban J connectivity index is 2.29. The normalized spacial score (nSPS) is 10.4. The van der Waals surface area contributed by atoms with Gasteiger partial charge in [0.1, 0.15) is 0 Å². The highest BCUT2D eigenvalue weighted by Crippen LogP contribution is 2.09. The van der Waals surface area contributed by atoms with Crippen LogP contribution in [0.4, 0.5) is 0 Å². The SMILES string of the molecule is COCCNCC(=O)Cc1cncc(Br)c1. The molecule has 16 heavy (non-hydrogen) atoms. The number of pyridine rings is 1. The number of rotatable bonds is 7. The average molecular weight is 287 g/mol. The van der Waals surface area contributed by atoms with Crippen molar-refractivity contribution in [3.63, 3.8) is 0 Å². The number of carbonyl (C=O) groups is 1. The van der Waals surface area contributed by atoms with E-state index in [4.69, 9.17) is 4.74 Å². The number of Topliss-reactive ketones (excluding diaryl/α,β-unsaturated/α-hetero) is 1. The van der Waals surface area contributed by atoms with Crippen LogP contribution in [0.2, 0.25) is 0 Å². The lowest BCUT2D eigenvalue weighted by Crippen LogP contribution is -2.27. The second kappa shape index (κ2) is 7.49. The van der Waals surface area contributed by atoms with Crippen molar-refractivity contribution in [2.75, 3.05) is 26.8 Å². The molecule has 0 fully saturated rings. The molecule has 0 aliphatic carbocycles. The molecule has 0 radical (unpaired) electrons. The van der Waals surface area contributed by atoms with E-state index in [2.05, 4.69) is 26.2 Å². The van der Waals surface area contributed by atoms with Crippen LogP contribution in [-0.2, 0) is 16.0 Å². The minimum absolute atomic E-state index is 0.149. The summed E-state index contributed by atoms with van der Waals surface area (Å²) in [7, 11) is 1.64. The van der Waals surface area contributed by atoms with E-state index in [1.165, 1.54) is 0 Å². The zero-order valence-electron chi connectivity index (χ0n) is 9.20. The second-order valence-corrected chi connectivity index (χ2v) is 4.31. The van der Waals surface area contributed by atoms with Gasteiger partial charge in [-0.2, -0.15) is 0 Å². The lowest BCUT2D eigenvalue weighted by molar-refractivity contribution is -0.117. The molecule has 1 rings (SSSR count). The molecule has 1 aromatic rings. The Kier molecular flexibility index (Phi) is 6.22. The van der Waals surface area contributed by atoms with Crippen LogP contribution in [0.15, 0.2) is 22.9 Å². The van der Waals surface area contributed by atoms with Crippen LogP contribution in [0.1, 0.15) is 5.56 Å². The number of halogens is 1. The van der Waals surface area contributed by atoms with Crippen molar-refractivity contribution < 1.29 is 9.53 Å². The lowest BCUT2D eigenvalue weighted by Gasteiger charge is -2.03. The van der Waals surface area contributed by atoms with Crippen molar-refractivity contribution in [3.8, 4) is 0 Å². The number of carbonyl (C=O) groups excluding carboxylic acids is 1. The Labute approximate surface area is 104 Å². The molecule has 88 valence electrons. The number of ether oxygens (including phenoxy) is 1. The number of hydrogen-bond donors (Lipinski definition) is 1. The number of nitrogens with one attached hydrogen (secondary N) is 1. The molecule has 0 aliphatic rings. The molecule has 0 bridgehead atoms. The fourth-order valence-electron chi connectivity index (χ4n) is 1.24. The average Bonchev–Trinajstić information content (AvgIpc) is 2.24. The molecular weight excluding hydrogens is 272 g/mol. The minimum atomic E-state index is 0.149. The maximum Gasteiger partial charge on any atom is 0.151 e. The van der Waals surface area contributed by atoms with Crippen molar-refractivity contribution in [1.29, 1.82) is 0 Å². The van der Waals surface area contributed by atoms with Crippen LogP contribution in [0.3, 0.4) is 0 Å². The third-order valence-electron chi connectivity index (χ3n) is 1.97. The van der Waals surface area contributed by atoms with E-state index in [0.29, 0.717) is 26.1 Å². The highest BCUT2D eigenvalue weighted by molar-refractivity contribution is 9.10. The fraction of sp³-hybridized carbons (Fsp3) is 0.455. The van der Waals surface area contributed by atoms with E-state index in [1.54, 1.807) is 19.5 Å². The Morgan fingerprint density at radius 3 is 3.06 bits per heavy atom. The van der Waals surface area contributed by atoms with Crippen LogP contribution in [-0.4, -0.2) is 37.6 Å². The van der Waals surface area contributed by atoms with Gasteiger partial charge in [-0.15, -0.1) is 0 Å². The lowest BCUT2D eigenvalue weighted by atomic mass is 10.1. The number of hydrogen-bond acceptors (Lipinski definition) is 4. The first-order valence-electron chi connectivity index (χ1n) is 5.03. The Morgan fingerprint density at radius 1 is 1.56 bits per heavy atom. The van der Waals surface area contributed by atoms with E-state index in [1.807, 2.05) is 6.07 Å². The van der Waals surface area contributed by atoms with Crippen LogP contribution in [0.5, 0.6) is 0 Å². The molecule has 0 amide bonds.